The van der Waals surface area contributed by atoms with Crippen molar-refractivity contribution in [1.82, 2.24) is 5.32 Å². The lowest BCUT2D eigenvalue weighted by molar-refractivity contribution is 0.444. The van der Waals surface area contributed by atoms with E-state index in [0.717, 1.165) is 12.1 Å². The molecule has 0 radical (unpaired) electrons. The van der Waals surface area contributed by atoms with Crippen LogP contribution in [0.4, 0.5) is 8.78 Å². The molecule has 4 heteroatoms. The van der Waals surface area contributed by atoms with Crippen LogP contribution in [0.15, 0.2) is 18.2 Å². The molecule has 2 atom stereocenters. The Hall–Kier alpha value is -1.00. The van der Waals surface area contributed by atoms with E-state index in [0.29, 0.717) is 18.7 Å². The molecule has 1 aromatic carbocycles. The van der Waals surface area contributed by atoms with E-state index in [-0.39, 0.29) is 11.7 Å². The van der Waals surface area contributed by atoms with E-state index in [9.17, 15) is 8.78 Å². The summed E-state index contributed by atoms with van der Waals surface area (Å²) in [6.07, 6.45) is 0. The highest BCUT2D eigenvalue weighted by molar-refractivity contribution is 5.28. The molecular formula is C11H14F2N2. The SMILES string of the molecule is C[C@@]1(N)CNC[C@H]1c1cc(F)ccc1F. The second-order valence-corrected chi connectivity index (χ2v) is 4.36. The molecule has 1 aliphatic rings. The minimum absolute atomic E-state index is 0.173. The van der Waals surface area contributed by atoms with Crippen molar-refractivity contribution in [2.45, 2.75) is 18.4 Å². The molecule has 0 bridgehead atoms. The predicted molar refractivity (Wildman–Crippen MR) is 54.6 cm³/mol. The zero-order valence-corrected chi connectivity index (χ0v) is 8.56. The van der Waals surface area contributed by atoms with Gasteiger partial charge in [-0.25, -0.2) is 8.78 Å². The maximum atomic E-state index is 13.5. The molecule has 0 unspecified atom stereocenters. The third-order valence-electron chi connectivity index (χ3n) is 2.98. The lowest BCUT2D eigenvalue weighted by Crippen LogP contribution is -2.43. The fraction of sp³-hybridized carbons (Fsp3) is 0.455. The van der Waals surface area contributed by atoms with Crippen LogP contribution in [0.5, 0.6) is 0 Å². The summed E-state index contributed by atoms with van der Waals surface area (Å²) >= 11 is 0. The maximum Gasteiger partial charge on any atom is 0.127 e. The van der Waals surface area contributed by atoms with Crippen molar-refractivity contribution < 1.29 is 8.78 Å². The number of hydrogen-bond acceptors (Lipinski definition) is 2. The number of rotatable bonds is 1. The number of nitrogens with one attached hydrogen (secondary N) is 1. The van der Waals surface area contributed by atoms with E-state index in [2.05, 4.69) is 5.32 Å². The van der Waals surface area contributed by atoms with Gasteiger partial charge in [-0.3, -0.25) is 0 Å². The minimum Gasteiger partial charge on any atom is -0.324 e. The van der Waals surface area contributed by atoms with Crippen molar-refractivity contribution in [1.29, 1.82) is 0 Å². The van der Waals surface area contributed by atoms with Crippen molar-refractivity contribution in [3.8, 4) is 0 Å². The number of benzene rings is 1. The van der Waals surface area contributed by atoms with Gasteiger partial charge in [0.1, 0.15) is 11.6 Å². The van der Waals surface area contributed by atoms with Gasteiger partial charge in [0.2, 0.25) is 0 Å². The van der Waals surface area contributed by atoms with Crippen LogP contribution in [0.3, 0.4) is 0 Å². The number of halogens is 2. The Bertz CT molecular complexity index is 377. The zero-order valence-electron chi connectivity index (χ0n) is 8.56. The highest BCUT2D eigenvalue weighted by Crippen LogP contribution is 2.31. The Morgan fingerprint density at radius 2 is 2.20 bits per heavy atom. The number of hydrogen-bond donors (Lipinski definition) is 2. The molecule has 0 aliphatic carbocycles. The third kappa shape index (κ3) is 1.87. The molecular weight excluding hydrogens is 198 g/mol. The molecule has 15 heavy (non-hydrogen) atoms. The molecule has 82 valence electrons. The van der Waals surface area contributed by atoms with Gasteiger partial charge in [-0.05, 0) is 30.7 Å². The second kappa shape index (κ2) is 3.54. The Kier molecular flexibility index (Phi) is 2.48. The minimum atomic E-state index is -0.519. The average molecular weight is 212 g/mol. The van der Waals surface area contributed by atoms with Crippen molar-refractivity contribution >= 4 is 0 Å². The quantitative estimate of drug-likeness (QED) is 0.737. The van der Waals surface area contributed by atoms with Gasteiger partial charge in [0.05, 0.1) is 0 Å². The second-order valence-electron chi connectivity index (χ2n) is 4.36. The maximum absolute atomic E-state index is 13.5. The fourth-order valence-corrected chi connectivity index (χ4v) is 2.09. The monoisotopic (exact) mass is 212 g/mol. The van der Waals surface area contributed by atoms with E-state index in [4.69, 9.17) is 5.73 Å². The Morgan fingerprint density at radius 3 is 2.80 bits per heavy atom. The molecule has 1 fully saturated rings. The fourth-order valence-electron chi connectivity index (χ4n) is 2.09. The Balaban J connectivity index is 2.40. The summed E-state index contributed by atoms with van der Waals surface area (Å²) in [6, 6.07) is 3.51. The van der Waals surface area contributed by atoms with Gasteiger partial charge in [0.25, 0.3) is 0 Å². The molecule has 0 spiro atoms. The van der Waals surface area contributed by atoms with Crippen LogP contribution in [0, 0.1) is 11.6 Å². The summed E-state index contributed by atoms with van der Waals surface area (Å²) in [5.74, 6) is -0.982. The van der Waals surface area contributed by atoms with Gasteiger partial charge in [0.15, 0.2) is 0 Å². The Labute approximate surface area is 87.5 Å². The molecule has 3 N–H and O–H groups in total. The summed E-state index contributed by atoms with van der Waals surface area (Å²) in [6.45, 7) is 3.06. The van der Waals surface area contributed by atoms with Crippen LogP contribution in [0.2, 0.25) is 0 Å². The van der Waals surface area contributed by atoms with Crippen molar-refractivity contribution in [2.24, 2.45) is 5.73 Å². The van der Waals surface area contributed by atoms with Gasteiger partial charge < -0.3 is 11.1 Å². The van der Waals surface area contributed by atoms with Gasteiger partial charge in [-0.2, -0.15) is 0 Å². The van der Waals surface area contributed by atoms with E-state index >= 15 is 0 Å². The van der Waals surface area contributed by atoms with Gasteiger partial charge >= 0.3 is 0 Å². The first-order valence-electron chi connectivity index (χ1n) is 4.95. The van der Waals surface area contributed by atoms with E-state index in [1.165, 1.54) is 6.07 Å². The van der Waals surface area contributed by atoms with E-state index < -0.39 is 11.4 Å². The zero-order chi connectivity index (χ0) is 11.1. The highest BCUT2D eigenvalue weighted by Gasteiger charge is 2.37. The first kappa shape index (κ1) is 10.5. The van der Waals surface area contributed by atoms with E-state index in [1.54, 1.807) is 0 Å². The van der Waals surface area contributed by atoms with Crippen molar-refractivity contribution in [3.63, 3.8) is 0 Å². The van der Waals surface area contributed by atoms with Crippen LogP contribution < -0.4 is 11.1 Å². The standard InChI is InChI=1S/C11H14F2N2/c1-11(14)6-15-5-9(11)8-4-7(12)2-3-10(8)13/h2-4,9,15H,5-6,14H2,1H3/t9-,11+/m0/s1. The summed E-state index contributed by atoms with van der Waals surface area (Å²) in [5, 5.41) is 3.09. The molecule has 1 heterocycles. The number of nitrogens with two attached hydrogens (primary N) is 1. The average Bonchev–Trinajstić information content (AvgIpc) is 2.50. The summed E-state index contributed by atoms with van der Waals surface area (Å²) in [5.41, 5.74) is 5.87. The van der Waals surface area contributed by atoms with Crippen LogP contribution >= 0.6 is 0 Å². The molecule has 2 rings (SSSR count). The topological polar surface area (TPSA) is 38.0 Å². The smallest absolute Gasteiger partial charge is 0.127 e. The van der Waals surface area contributed by atoms with Gasteiger partial charge in [-0.15, -0.1) is 0 Å². The first-order valence-corrected chi connectivity index (χ1v) is 4.95. The first-order chi connectivity index (χ1) is 7.00. The van der Waals surface area contributed by atoms with Crippen molar-refractivity contribution in [2.75, 3.05) is 13.1 Å². The summed E-state index contributed by atoms with van der Waals surface area (Å²) < 4.78 is 26.5. The Morgan fingerprint density at radius 1 is 1.47 bits per heavy atom. The van der Waals surface area contributed by atoms with Crippen LogP contribution in [0.1, 0.15) is 18.4 Å². The molecule has 1 aliphatic heterocycles. The predicted octanol–water partition coefficient (Wildman–Crippen LogP) is 1.37. The van der Waals surface area contributed by atoms with Gasteiger partial charge in [0, 0.05) is 24.5 Å². The molecule has 0 aromatic heterocycles. The van der Waals surface area contributed by atoms with Crippen LogP contribution in [0.25, 0.3) is 0 Å². The lowest BCUT2D eigenvalue weighted by Gasteiger charge is -2.26. The van der Waals surface area contributed by atoms with Crippen molar-refractivity contribution in [3.05, 3.63) is 35.4 Å². The summed E-state index contributed by atoms with van der Waals surface area (Å²) in [7, 11) is 0. The van der Waals surface area contributed by atoms with Crippen LogP contribution in [-0.2, 0) is 0 Å². The largest absolute Gasteiger partial charge is 0.324 e. The molecule has 1 aromatic rings. The normalized spacial score (nSPS) is 30.8. The third-order valence-corrected chi connectivity index (χ3v) is 2.98. The highest BCUT2D eigenvalue weighted by atomic mass is 19.1. The molecule has 0 amide bonds. The molecule has 2 nitrogen and oxygen atoms in total. The summed E-state index contributed by atoms with van der Waals surface area (Å²) in [4.78, 5) is 0. The van der Waals surface area contributed by atoms with E-state index in [1.807, 2.05) is 6.92 Å². The lowest BCUT2D eigenvalue weighted by atomic mass is 9.84. The molecule has 0 saturated carbocycles. The van der Waals surface area contributed by atoms with Gasteiger partial charge in [-0.1, -0.05) is 0 Å². The molecule has 1 saturated heterocycles. The van der Waals surface area contributed by atoms with Crippen LogP contribution in [-0.4, -0.2) is 18.6 Å².